The normalized spacial score (nSPS) is 12.2. The van der Waals surface area contributed by atoms with Gasteiger partial charge in [-0.25, -0.2) is 4.79 Å². The van der Waals surface area contributed by atoms with Gasteiger partial charge in [-0.1, -0.05) is 17.8 Å². The van der Waals surface area contributed by atoms with E-state index in [9.17, 15) is 4.79 Å². The van der Waals surface area contributed by atoms with Gasteiger partial charge in [0, 0.05) is 5.75 Å². The van der Waals surface area contributed by atoms with Crippen molar-refractivity contribution in [2.45, 2.75) is 38.5 Å². The van der Waals surface area contributed by atoms with E-state index in [2.05, 4.69) is 22.4 Å². The molecule has 1 aromatic carbocycles. The molecule has 0 aliphatic rings. The number of tetrazole rings is 1. The Balaban J connectivity index is 1.89. The Kier molecular flexibility index (Phi) is 6.12. The van der Waals surface area contributed by atoms with Crippen molar-refractivity contribution in [1.29, 1.82) is 0 Å². The van der Waals surface area contributed by atoms with Gasteiger partial charge in [0.15, 0.2) is 0 Å². The van der Waals surface area contributed by atoms with Crippen LogP contribution in [0.2, 0.25) is 0 Å². The summed E-state index contributed by atoms with van der Waals surface area (Å²) in [7, 11) is 0. The van der Waals surface area contributed by atoms with Gasteiger partial charge in [-0.3, -0.25) is 0 Å². The Morgan fingerprint density at radius 3 is 2.87 bits per heavy atom. The first-order valence-corrected chi connectivity index (χ1v) is 8.31. The third-order valence-electron chi connectivity index (χ3n) is 3.28. The van der Waals surface area contributed by atoms with Gasteiger partial charge in [0.2, 0.25) is 5.16 Å². The second-order valence-electron chi connectivity index (χ2n) is 5.19. The Bertz CT molecular complexity index is 672. The molecule has 1 N–H and O–H groups in total. The lowest BCUT2D eigenvalue weighted by atomic mass is 10.1. The Labute approximate surface area is 139 Å². The molecule has 0 fully saturated rings. The number of hydrogen-bond acceptors (Lipinski definition) is 7. The van der Waals surface area contributed by atoms with Gasteiger partial charge in [0.05, 0.1) is 12.3 Å². The van der Waals surface area contributed by atoms with Gasteiger partial charge >= 0.3 is 5.97 Å². The van der Waals surface area contributed by atoms with E-state index in [4.69, 9.17) is 9.84 Å². The van der Waals surface area contributed by atoms with Crippen LogP contribution in [0.3, 0.4) is 0 Å². The SMILES string of the molecule is Cc1ccc(-n2nnnc2SCCCOC(=O)C(C)O)cc1C. The minimum Gasteiger partial charge on any atom is -0.464 e. The predicted molar refractivity (Wildman–Crippen MR) is 86.6 cm³/mol. The zero-order chi connectivity index (χ0) is 16.8. The fraction of sp³-hybridized carbons (Fsp3) is 0.467. The fourth-order valence-electron chi connectivity index (χ4n) is 1.80. The number of aliphatic hydroxyl groups is 1. The van der Waals surface area contributed by atoms with Gasteiger partial charge < -0.3 is 9.84 Å². The molecule has 2 aromatic rings. The average Bonchev–Trinajstić information content (AvgIpc) is 2.97. The molecule has 1 unspecified atom stereocenters. The summed E-state index contributed by atoms with van der Waals surface area (Å²) in [6.45, 7) is 5.76. The van der Waals surface area contributed by atoms with Crippen LogP contribution in [-0.2, 0) is 9.53 Å². The maximum atomic E-state index is 11.1. The first kappa shape index (κ1) is 17.4. The number of nitrogens with zero attached hydrogens (tertiary/aromatic N) is 4. The number of carbonyl (C=O) groups is 1. The number of thioether (sulfide) groups is 1. The number of ether oxygens (including phenoxy) is 1. The van der Waals surface area contributed by atoms with Gasteiger partial charge in [0.25, 0.3) is 0 Å². The number of aryl methyl sites for hydroxylation is 2. The highest BCUT2D eigenvalue weighted by Crippen LogP contribution is 2.20. The lowest BCUT2D eigenvalue weighted by molar-refractivity contribution is -0.152. The van der Waals surface area contributed by atoms with Crippen LogP contribution < -0.4 is 0 Å². The van der Waals surface area contributed by atoms with Crippen LogP contribution in [0.15, 0.2) is 23.4 Å². The Hall–Kier alpha value is -1.93. The first-order valence-electron chi connectivity index (χ1n) is 7.32. The topological polar surface area (TPSA) is 90.1 Å². The number of carbonyl (C=O) groups excluding carboxylic acids is 1. The van der Waals surface area contributed by atoms with Crippen LogP contribution in [0.25, 0.3) is 5.69 Å². The van der Waals surface area contributed by atoms with Crippen molar-refractivity contribution in [3.63, 3.8) is 0 Å². The molecule has 8 heteroatoms. The molecule has 0 spiro atoms. The van der Waals surface area contributed by atoms with Crippen molar-refractivity contribution in [2.24, 2.45) is 0 Å². The minimum absolute atomic E-state index is 0.266. The number of rotatable bonds is 7. The highest BCUT2D eigenvalue weighted by molar-refractivity contribution is 7.99. The summed E-state index contributed by atoms with van der Waals surface area (Å²) in [4.78, 5) is 11.1. The zero-order valence-electron chi connectivity index (χ0n) is 13.4. The molecule has 0 aliphatic heterocycles. The standard InChI is InChI=1S/C15H20N4O3S/c1-10-5-6-13(9-11(10)2)19-15(16-17-18-19)23-8-4-7-22-14(21)12(3)20/h5-6,9,12,20H,4,7-8H2,1-3H3. The number of aliphatic hydroxyl groups excluding tert-OH is 1. The van der Waals surface area contributed by atoms with Gasteiger partial charge in [-0.15, -0.1) is 5.10 Å². The smallest absolute Gasteiger partial charge is 0.334 e. The summed E-state index contributed by atoms with van der Waals surface area (Å²) in [5.41, 5.74) is 3.32. The molecule has 7 nitrogen and oxygen atoms in total. The monoisotopic (exact) mass is 336 g/mol. The van der Waals surface area contributed by atoms with Crippen molar-refractivity contribution in [2.75, 3.05) is 12.4 Å². The molecule has 2 rings (SSSR count). The quantitative estimate of drug-likeness (QED) is 0.467. The Morgan fingerprint density at radius 1 is 1.39 bits per heavy atom. The average molecular weight is 336 g/mol. The van der Waals surface area contributed by atoms with Crippen molar-refractivity contribution in [3.8, 4) is 5.69 Å². The maximum Gasteiger partial charge on any atom is 0.334 e. The minimum atomic E-state index is -1.08. The lowest BCUT2D eigenvalue weighted by Gasteiger charge is -2.07. The second-order valence-corrected chi connectivity index (χ2v) is 6.25. The molecule has 23 heavy (non-hydrogen) atoms. The maximum absolute atomic E-state index is 11.1. The van der Waals surface area contributed by atoms with Gasteiger partial charge in [0.1, 0.15) is 6.10 Å². The summed E-state index contributed by atoms with van der Waals surface area (Å²) in [6, 6.07) is 6.06. The summed E-state index contributed by atoms with van der Waals surface area (Å²) in [5, 5.41) is 21.5. The molecule has 0 radical (unpaired) electrons. The molecule has 1 atom stereocenters. The van der Waals surface area contributed by atoms with Crippen molar-refractivity contribution < 1.29 is 14.6 Å². The molecule has 0 amide bonds. The van der Waals surface area contributed by atoms with E-state index >= 15 is 0 Å². The van der Waals surface area contributed by atoms with Gasteiger partial charge in [-0.05, 0) is 60.9 Å². The molecular weight excluding hydrogens is 316 g/mol. The van der Waals surface area contributed by atoms with Crippen molar-refractivity contribution >= 4 is 17.7 Å². The van der Waals surface area contributed by atoms with Crippen LogP contribution in [0.5, 0.6) is 0 Å². The number of benzene rings is 1. The molecule has 0 saturated carbocycles. The molecule has 124 valence electrons. The number of esters is 1. The first-order chi connectivity index (χ1) is 11.0. The van der Waals surface area contributed by atoms with Crippen LogP contribution in [0.1, 0.15) is 24.5 Å². The molecule has 0 saturated heterocycles. The van der Waals surface area contributed by atoms with Gasteiger partial charge in [-0.2, -0.15) is 4.68 Å². The van der Waals surface area contributed by atoms with Crippen LogP contribution >= 0.6 is 11.8 Å². The van der Waals surface area contributed by atoms with E-state index in [-0.39, 0.29) is 6.61 Å². The van der Waals surface area contributed by atoms with E-state index in [1.54, 1.807) is 4.68 Å². The lowest BCUT2D eigenvalue weighted by Crippen LogP contribution is -2.19. The highest BCUT2D eigenvalue weighted by atomic mass is 32.2. The zero-order valence-corrected chi connectivity index (χ0v) is 14.2. The summed E-state index contributed by atoms with van der Waals surface area (Å²) in [5.74, 6) is 0.105. The van der Waals surface area contributed by atoms with Crippen LogP contribution in [0, 0.1) is 13.8 Å². The highest BCUT2D eigenvalue weighted by Gasteiger charge is 2.11. The number of hydrogen-bond donors (Lipinski definition) is 1. The molecule has 0 aliphatic carbocycles. The van der Waals surface area contributed by atoms with Crippen molar-refractivity contribution in [1.82, 2.24) is 20.2 Å². The molecule has 1 aromatic heterocycles. The Morgan fingerprint density at radius 2 is 2.17 bits per heavy atom. The summed E-state index contributed by atoms with van der Waals surface area (Å²) >= 11 is 1.49. The summed E-state index contributed by atoms with van der Waals surface area (Å²) in [6.07, 6.45) is -0.428. The third-order valence-corrected chi connectivity index (χ3v) is 4.29. The summed E-state index contributed by atoms with van der Waals surface area (Å²) < 4.78 is 6.60. The molecule has 1 heterocycles. The van der Waals surface area contributed by atoms with Crippen molar-refractivity contribution in [3.05, 3.63) is 29.3 Å². The van der Waals surface area contributed by atoms with E-state index in [1.807, 2.05) is 25.1 Å². The van der Waals surface area contributed by atoms with Crippen LogP contribution in [0.4, 0.5) is 0 Å². The third kappa shape index (κ3) is 4.77. The molecular formula is C15H20N4O3S. The predicted octanol–water partition coefficient (Wildman–Crippen LogP) is 1.69. The van der Waals surface area contributed by atoms with E-state index in [0.29, 0.717) is 17.3 Å². The molecule has 0 bridgehead atoms. The van der Waals surface area contributed by atoms with E-state index in [0.717, 1.165) is 5.69 Å². The van der Waals surface area contributed by atoms with E-state index in [1.165, 1.54) is 29.8 Å². The fourth-order valence-corrected chi connectivity index (χ4v) is 2.61. The van der Waals surface area contributed by atoms with Crippen LogP contribution in [-0.4, -0.2) is 49.7 Å². The largest absolute Gasteiger partial charge is 0.464 e. The number of aromatic nitrogens is 4. The van der Waals surface area contributed by atoms with E-state index < -0.39 is 12.1 Å². The second kappa shape index (κ2) is 8.07.